The molecule has 9 heteroatoms. The predicted octanol–water partition coefficient (Wildman–Crippen LogP) is 3.09. The lowest BCUT2D eigenvalue weighted by molar-refractivity contribution is 0.126. The Hall–Kier alpha value is -1.94. The first-order valence-electron chi connectivity index (χ1n) is 8.41. The quantitative estimate of drug-likeness (QED) is 0.652. The average molecular weight is 413 g/mol. The lowest BCUT2D eigenvalue weighted by Crippen LogP contribution is -2.47. The number of likely N-dealkylation sites (tertiary alicyclic amines) is 1. The van der Waals surface area contributed by atoms with Crippen LogP contribution in [0.5, 0.6) is 0 Å². The molecule has 1 fully saturated rings. The number of nitrogens with zero attached hydrogens (tertiary/aromatic N) is 1. The Bertz CT molecular complexity index is 877. The van der Waals surface area contributed by atoms with Gasteiger partial charge < -0.3 is 15.7 Å². The fourth-order valence-corrected chi connectivity index (χ4v) is 4.47. The van der Waals surface area contributed by atoms with Crippen LogP contribution < -0.4 is 5.73 Å². The van der Waals surface area contributed by atoms with E-state index in [1.807, 2.05) is 12.3 Å². The number of carboxylic acid groups (broad SMARTS) is 1. The highest BCUT2D eigenvalue weighted by Crippen LogP contribution is 2.32. The van der Waals surface area contributed by atoms with E-state index in [1.165, 1.54) is 27.5 Å². The summed E-state index contributed by atoms with van der Waals surface area (Å²) in [7, 11) is -4.02. The molecular formula is C18H24N2O5S2. The summed E-state index contributed by atoms with van der Waals surface area (Å²) in [6, 6.07) is 8.13. The Kier molecular flexibility index (Phi) is 6.99. The summed E-state index contributed by atoms with van der Waals surface area (Å²) in [5.74, 6) is 0.157. The van der Waals surface area contributed by atoms with Crippen LogP contribution in [0.15, 0.2) is 40.6 Å². The lowest BCUT2D eigenvalue weighted by atomic mass is 9.90. The van der Waals surface area contributed by atoms with E-state index in [4.69, 9.17) is 15.4 Å². The van der Waals surface area contributed by atoms with Gasteiger partial charge in [-0.3, -0.25) is 4.55 Å². The van der Waals surface area contributed by atoms with Gasteiger partial charge in [-0.1, -0.05) is 17.7 Å². The third kappa shape index (κ3) is 5.77. The molecule has 3 rings (SSSR count). The molecule has 7 nitrogen and oxygen atoms in total. The van der Waals surface area contributed by atoms with Crippen molar-refractivity contribution in [2.45, 2.75) is 37.1 Å². The van der Waals surface area contributed by atoms with Crippen LogP contribution in [0, 0.1) is 13.8 Å². The SMILES string of the molecule is Cc1ccc(S(=O)(=O)O)cc1.Cc1ccsc1C1CN(C(=O)O)CCC1N. The number of rotatable bonds is 2. The maximum Gasteiger partial charge on any atom is 0.407 e. The van der Waals surface area contributed by atoms with Gasteiger partial charge in [-0.25, -0.2) is 4.79 Å². The molecule has 4 N–H and O–H groups in total. The number of nitrogens with two attached hydrogens (primary N) is 1. The molecule has 0 bridgehead atoms. The van der Waals surface area contributed by atoms with Crippen LogP contribution in [-0.2, 0) is 10.1 Å². The zero-order chi connectivity index (χ0) is 20.2. The van der Waals surface area contributed by atoms with Crippen LogP contribution in [0.4, 0.5) is 4.79 Å². The molecule has 2 heterocycles. The number of hydrogen-bond acceptors (Lipinski definition) is 5. The summed E-state index contributed by atoms with van der Waals surface area (Å²) >= 11 is 1.67. The normalized spacial score (nSPS) is 19.9. The molecule has 2 aromatic rings. The predicted molar refractivity (Wildman–Crippen MR) is 105 cm³/mol. The smallest absolute Gasteiger partial charge is 0.407 e. The molecule has 27 heavy (non-hydrogen) atoms. The third-order valence-electron chi connectivity index (χ3n) is 4.49. The molecular weight excluding hydrogens is 388 g/mol. The van der Waals surface area contributed by atoms with Gasteiger partial charge in [-0.05, 0) is 49.4 Å². The van der Waals surface area contributed by atoms with E-state index < -0.39 is 16.2 Å². The number of amides is 1. The van der Waals surface area contributed by atoms with Gasteiger partial charge in [0.05, 0.1) is 4.90 Å². The summed E-state index contributed by atoms with van der Waals surface area (Å²) < 4.78 is 29.6. The van der Waals surface area contributed by atoms with Gasteiger partial charge in [0, 0.05) is 29.9 Å². The van der Waals surface area contributed by atoms with E-state index >= 15 is 0 Å². The molecule has 148 valence electrons. The van der Waals surface area contributed by atoms with Crippen molar-refractivity contribution < 1.29 is 22.9 Å². The van der Waals surface area contributed by atoms with Gasteiger partial charge in [0.25, 0.3) is 10.1 Å². The van der Waals surface area contributed by atoms with Crippen molar-refractivity contribution in [2.75, 3.05) is 13.1 Å². The van der Waals surface area contributed by atoms with E-state index in [0.717, 1.165) is 12.0 Å². The van der Waals surface area contributed by atoms with Crippen LogP contribution in [0.3, 0.4) is 0 Å². The second-order valence-corrected chi connectivity index (χ2v) is 8.91. The first kappa shape index (κ1) is 21.4. The number of piperidine rings is 1. The summed E-state index contributed by atoms with van der Waals surface area (Å²) in [5.41, 5.74) is 8.26. The number of carbonyl (C=O) groups is 1. The van der Waals surface area contributed by atoms with Crippen LogP contribution in [0.2, 0.25) is 0 Å². The summed E-state index contributed by atoms with van der Waals surface area (Å²) in [4.78, 5) is 13.6. The number of benzene rings is 1. The largest absolute Gasteiger partial charge is 0.465 e. The minimum absolute atomic E-state index is 0.0666. The average Bonchev–Trinajstić information content (AvgIpc) is 3.01. The molecule has 1 saturated heterocycles. The fraction of sp³-hybridized carbons (Fsp3) is 0.389. The standard InChI is InChI=1S/C11H16N2O2S.C7H8O3S/c1-7-3-5-16-10(7)8-6-13(11(14)15)4-2-9(8)12;1-6-2-4-7(5-3-6)11(8,9)10/h3,5,8-9H,2,4,6,12H2,1H3,(H,14,15);2-5H,1H3,(H,8,9,10). The van der Waals surface area contributed by atoms with E-state index in [2.05, 4.69) is 13.0 Å². The Labute approximate surface area is 163 Å². The number of thiophene rings is 1. The van der Waals surface area contributed by atoms with Crippen LogP contribution in [0.1, 0.15) is 28.3 Å². The van der Waals surface area contributed by atoms with Crippen LogP contribution in [0.25, 0.3) is 0 Å². The van der Waals surface area contributed by atoms with Crippen molar-refractivity contribution in [1.82, 2.24) is 4.90 Å². The van der Waals surface area contributed by atoms with Crippen molar-refractivity contribution in [3.05, 3.63) is 51.7 Å². The van der Waals surface area contributed by atoms with Crippen molar-refractivity contribution in [2.24, 2.45) is 5.73 Å². The summed E-state index contributed by atoms with van der Waals surface area (Å²) in [5, 5.41) is 11.0. The third-order valence-corrected chi connectivity index (χ3v) is 6.51. The molecule has 1 aliphatic heterocycles. The lowest BCUT2D eigenvalue weighted by Gasteiger charge is -2.35. The minimum Gasteiger partial charge on any atom is -0.465 e. The zero-order valence-electron chi connectivity index (χ0n) is 15.2. The molecule has 2 atom stereocenters. The molecule has 2 unspecified atom stereocenters. The maximum absolute atomic E-state index is 10.9. The first-order chi connectivity index (χ1) is 12.6. The van der Waals surface area contributed by atoms with Crippen LogP contribution >= 0.6 is 11.3 Å². The van der Waals surface area contributed by atoms with E-state index in [-0.39, 0.29) is 16.9 Å². The molecule has 0 radical (unpaired) electrons. The van der Waals surface area contributed by atoms with Gasteiger partial charge >= 0.3 is 6.09 Å². The topological polar surface area (TPSA) is 121 Å². The van der Waals surface area contributed by atoms with Gasteiger partial charge in [0.1, 0.15) is 0 Å². The molecule has 1 aromatic carbocycles. The van der Waals surface area contributed by atoms with Gasteiger partial charge in [0.2, 0.25) is 0 Å². The van der Waals surface area contributed by atoms with Gasteiger partial charge in [0.15, 0.2) is 0 Å². The fourth-order valence-electron chi connectivity index (χ4n) is 2.90. The molecule has 1 amide bonds. The van der Waals surface area contributed by atoms with E-state index in [1.54, 1.807) is 23.5 Å². The molecule has 0 saturated carbocycles. The Morgan fingerprint density at radius 2 is 1.85 bits per heavy atom. The molecule has 1 aromatic heterocycles. The van der Waals surface area contributed by atoms with Crippen molar-refractivity contribution in [3.63, 3.8) is 0 Å². The van der Waals surface area contributed by atoms with Gasteiger partial charge in [-0.15, -0.1) is 11.3 Å². The number of hydrogen-bond donors (Lipinski definition) is 3. The van der Waals surface area contributed by atoms with Crippen molar-refractivity contribution in [1.29, 1.82) is 0 Å². The Balaban J connectivity index is 0.000000208. The molecule has 0 aliphatic carbocycles. The van der Waals surface area contributed by atoms with Crippen molar-refractivity contribution in [3.8, 4) is 0 Å². The minimum atomic E-state index is -4.02. The highest BCUT2D eigenvalue weighted by atomic mass is 32.2. The van der Waals surface area contributed by atoms with E-state index in [0.29, 0.717) is 13.1 Å². The highest BCUT2D eigenvalue weighted by molar-refractivity contribution is 7.85. The van der Waals surface area contributed by atoms with Gasteiger partial charge in [-0.2, -0.15) is 8.42 Å². The Morgan fingerprint density at radius 3 is 2.33 bits per heavy atom. The number of aryl methyl sites for hydroxylation is 2. The first-order valence-corrected chi connectivity index (χ1v) is 10.7. The molecule has 0 spiro atoms. The summed E-state index contributed by atoms with van der Waals surface area (Å²) in [6.45, 7) is 4.97. The van der Waals surface area contributed by atoms with Crippen LogP contribution in [-0.4, -0.2) is 48.2 Å². The second kappa shape index (κ2) is 8.83. The Morgan fingerprint density at radius 1 is 1.22 bits per heavy atom. The van der Waals surface area contributed by atoms with Crippen molar-refractivity contribution >= 4 is 27.5 Å². The molecule has 1 aliphatic rings. The van der Waals surface area contributed by atoms with E-state index in [9.17, 15) is 13.2 Å². The highest BCUT2D eigenvalue weighted by Gasteiger charge is 2.31. The zero-order valence-corrected chi connectivity index (χ0v) is 16.8. The summed E-state index contributed by atoms with van der Waals surface area (Å²) in [6.07, 6.45) is -0.0972. The monoisotopic (exact) mass is 412 g/mol. The second-order valence-electron chi connectivity index (χ2n) is 6.54. The maximum atomic E-state index is 10.9.